The van der Waals surface area contributed by atoms with E-state index in [0.717, 1.165) is 10.2 Å². The summed E-state index contributed by atoms with van der Waals surface area (Å²) in [5.74, 6) is 1.03. The van der Waals surface area contributed by atoms with E-state index in [0.29, 0.717) is 41.1 Å². The van der Waals surface area contributed by atoms with Gasteiger partial charge in [-0.1, -0.05) is 17.4 Å². The predicted molar refractivity (Wildman–Crippen MR) is 112 cm³/mol. The van der Waals surface area contributed by atoms with Crippen LogP contribution in [0.2, 0.25) is 0 Å². The number of benzene rings is 2. The van der Waals surface area contributed by atoms with E-state index in [1.54, 1.807) is 24.3 Å². The number of thiazole rings is 1. The third kappa shape index (κ3) is 4.40. The van der Waals surface area contributed by atoms with Crippen molar-refractivity contribution in [2.75, 3.05) is 23.8 Å². The summed E-state index contributed by atoms with van der Waals surface area (Å²) < 4.78 is 12.1. The van der Waals surface area contributed by atoms with Crippen LogP contribution in [-0.2, 0) is 0 Å². The number of aromatic nitrogens is 1. The first-order valence-electron chi connectivity index (χ1n) is 9.17. The molecule has 0 aliphatic carbocycles. The van der Waals surface area contributed by atoms with Crippen LogP contribution in [0.1, 0.15) is 24.2 Å². The number of hydrogen-bond donors (Lipinski definition) is 3. The quantitative estimate of drug-likeness (QED) is 0.604. The van der Waals surface area contributed by atoms with Gasteiger partial charge < -0.3 is 20.1 Å². The number of rotatable bonds is 4. The Hall–Kier alpha value is -3.33. The zero-order valence-corrected chi connectivity index (χ0v) is 16.8. The van der Waals surface area contributed by atoms with E-state index < -0.39 is 0 Å². The lowest BCUT2D eigenvalue weighted by molar-refractivity contribution is 0.102. The van der Waals surface area contributed by atoms with E-state index in [4.69, 9.17) is 9.47 Å². The lowest BCUT2D eigenvalue weighted by atomic mass is 10.2. The number of fused-ring (bicyclic) bond motifs is 2. The molecule has 0 saturated heterocycles. The predicted octanol–water partition coefficient (Wildman–Crippen LogP) is 3.85. The molecule has 3 N–H and O–H groups in total. The maximum atomic E-state index is 12.6. The molecular formula is C20H20N4O4S. The molecule has 150 valence electrons. The first-order chi connectivity index (χ1) is 14.0. The molecule has 3 aromatic rings. The first-order valence-corrected chi connectivity index (χ1v) is 9.99. The van der Waals surface area contributed by atoms with Crippen LogP contribution in [0.25, 0.3) is 10.2 Å². The van der Waals surface area contributed by atoms with Crippen molar-refractivity contribution in [1.82, 2.24) is 10.3 Å². The molecule has 0 saturated carbocycles. The van der Waals surface area contributed by atoms with Crippen molar-refractivity contribution in [2.24, 2.45) is 0 Å². The maximum Gasteiger partial charge on any atom is 0.319 e. The molecule has 2 aromatic carbocycles. The van der Waals surface area contributed by atoms with Gasteiger partial charge in [-0.05, 0) is 32.0 Å². The van der Waals surface area contributed by atoms with Gasteiger partial charge in [-0.15, -0.1) is 0 Å². The Kier molecular flexibility index (Phi) is 5.22. The van der Waals surface area contributed by atoms with Crippen LogP contribution in [0.15, 0.2) is 36.4 Å². The molecule has 8 nitrogen and oxygen atoms in total. The van der Waals surface area contributed by atoms with Gasteiger partial charge >= 0.3 is 6.03 Å². The van der Waals surface area contributed by atoms with Gasteiger partial charge in [0, 0.05) is 29.4 Å². The van der Waals surface area contributed by atoms with Crippen LogP contribution in [0.3, 0.4) is 0 Å². The van der Waals surface area contributed by atoms with Gasteiger partial charge in [-0.3, -0.25) is 10.1 Å². The number of hydrogen-bond acceptors (Lipinski definition) is 6. The van der Waals surface area contributed by atoms with Crippen molar-refractivity contribution < 1.29 is 19.1 Å². The highest BCUT2D eigenvalue weighted by atomic mass is 32.1. The SMILES string of the molecule is CC(C)NC(=O)Nc1cccc(C(=O)Nc2nc3cc4c(cc3s2)OCCO4)c1. The average molecular weight is 412 g/mol. The molecule has 2 heterocycles. The molecule has 0 radical (unpaired) electrons. The van der Waals surface area contributed by atoms with Crippen molar-refractivity contribution in [3.8, 4) is 11.5 Å². The van der Waals surface area contributed by atoms with E-state index in [1.807, 2.05) is 26.0 Å². The number of amides is 3. The van der Waals surface area contributed by atoms with E-state index in [9.17, 15) is 9.59 Å². The van der Waals surface area contributed by atoms with Gasteiger partial charge in [0.25, 0.3) is 5.91 Å². The molecule has 1 aliphatic rings. The number of nitrogens with zero attached hydrogens (tertiary/aromatic N) is 1. The van der Waals surface area contributed by atoms with E-state index in [1.165, 1.54) is 11.3 Å². The third-order valence-corrected chi connectivity index (χ3v) is 5.01. The Morgan fingerprint density at radius 2 is 1.83 bits per heavy atom. The highest BCUT2D eigenvalue weighted by molar-refractivity contribution is 7.22. The smallest absolute Gasteiger partial charge is 0.319 e. The molecule has 0 spiro atoms. The van der Waals surface area contributed by atoms with E-state index in [-0.39, 0.29) is 18.0 Å². The normalized spacial score (nSPS) is 12.7. The largest absolute Gasteiger partial charge is 0.486 e. The molecule has 29 heavy (non-hydrogen) atoms. The summed E-state index contributed by atoms with van der Waals surface area (Å²) in [4.78, 5) is 29.0. The van der Waals surface area contributed by atoms with E-state index >= 15 is 0 Å². The Labute approximate surface area is 171 Å². The summed E-state index contributed by atoms with van der Waals surface area (Å²) in [7, 11) is 0. The Morgan fingerprint density at radius 1 is 1.07 bits per heavy atom. The zero-order chi connectivity index (χ0) is 20.4. The lowest BCUT2D eigenvalue weighted by Gasteiger charge is -2.17. The molecule has 0 unspecified atom stereocenters. The molecule has 0 bridgehead atoms. The molecule has 0 atom stereocenters. The van der Waals surface area contributed by atoms with Gasteiger partial charge in [0.2, 0.25) is 0 Å². The second-order valence-corrected chi connectivity index (χ2v) is 7.80. The summed E-state index contributed by atoms with van der Waals surface area (Å²) in [6.45, 7) is 4.76. The lowest BCUT2D eigenvalue weighted by Crippen LogP contribution is -2.34. The van der Waals surface area contributed by atoms with Crippen LogP contribution in [0.5, 0.6) is 11.5 Å². The minimum Gasteiger partial charge on any atom is -0.486 e. The number of carbonyl (C=O) groups excluding carboxylic acids is 2. The molecule has 0 fully saturated rings. The van der Waals surface area contributed by atoms with Crippen molar-refractivity contribution in [1.29, 1.82) is 0 Å². The van der Waals surface area contributed by atoms with Gasteiger partial charge in [0.15, 0.2) is 16.6 Å². The third-order valence-electron chi connectivity index (χ3n) is 4.08. The molecular weight excluding hydrogens is 392 g/mol. The summed E-state index contributed by atoms with van der Waals surface area (Å²) >= 11 is 1.36. The Balaban J connectivity index is 1.49. The molecule has 3 amide bonds. The maximum absolute atomic E-state index is 12.6. The topological polar surface area (TPSA) is 102 Å². The zero-order valence-electron chi connectivity index (χ0n) is 15.9. The van der Waals surface area contributed by atoms with Crippen molar-refractivity contribution in [2.45, 2.75) is 19.9 Å². The van der Waals surface area contributed by atoms with Crippen LogP contribution in [0.4, 0.5) is 15.6 Å². The molecule has 9 heteroatoms. The Bertz CT molecular complexity index is 1040. The van der Waals surface area contributed by atoms with Crippen molar-refractivity contribution >= 4 is 44.3 Å². The molecule has 1 aliphatic heterocycles. The highest BCUT2D eigenvalue weighted by Gasteiger charge is 2.16. The summed E-state index contributed by atoms with van der Waals surface area (Å²) in [6.07, 6.45) is 0. The number of ether oxygens (including phenoxy) is 2. The van der Waals surface area contributed by atoms with Crippen LogP contribution in [0, 0.1) is 0 Å². The van der Waals surface area contributed by atoms with Crippen molar-refractivity contribution in [3.63, 3.8) is 0 Å². The van der Waals surface area contributed by atoms with Crippen LogP contribution in [-0.4, -0.2) is 36.2 Å². The van der Waals surface area contributed by atoms with Crippen LogP contribution < -0.4 is 25.4 Å². The Morgan fingerprint density at radius 3 is 2.59 bits per heavy atom. The molecule has 1 aromatic heterocycles. The summed E-state index contributed by atoms with van der Waals surface area (Å²) in [5, 5.41) is 8.74. The van der Waals surface area contributed by atoms with Gasteiger partial charge in [0.1, 0.15) is 13.2 Å². The fourth-order valence-corrected chi connectivity index (χ4v) is 3.73. The second kappa shape index (κ2) is 7.96. The average Bonchev–Trinajstić information content (AvgIpc) is 3.06. The number of carbonyl (C=O) groups is 2. The summed E-state index contributed by atoms with van der Waals surface area (Å²) in [5.41, 5.74) is 1.68. The molecule has 4 rings (SSSR count). The van der Waals surface area contributed by atoms with Crippen LogP contribution >= 0.6 is 11.3 Å². The van der Waals surface area contributed by atoms with Crippen molar-refractivity contribution in [3.05, 3.63) is 42.0 Å². The number of urea groups is 1. The van der Waals surface area contributed by atoms with Gasteiger partial charge in [-0.25, -0.2) is 9.78 Å². The standard InChI is InChI=1S/C20H20N4O4S/c1-11(2)21-19(26)22-13-5-3-4-12(8-13)18(25)24-20-23-14-9-15-16(10-17(14)29-20)28-7-6-27-15/h3-5,8-11H,6-7H2,1-2H3,(H2,21,22,26)(H,23,24,25). The first kappa shape index (κ1) is 19.0. The van der Waals surface area contributed by atoms with Gasteiger partial charge in [-0.2, -0.15) is 0 Å². The summed E-state index contributed by atoms with van der Waals surface area (Å²) in [6, 6.07) is 10.1. The van der Waals surface area contributed by atoms with Gasteiger partial charge in [0.05, 0.1) is 10.2 Å². The second-order valence-electron chi connectivity index (χ2n) is 6.77. The monoisotopic (exact) mass is 412 g/mol. The number of anilines is 2. The highest BCUT2D eigenvalue weighted by Crippen LogP contribution is 2.37. The van der Waals surface area contributed by atoms with E-state index in [2.05, 4.69) is 20.9 Å². The number of nitrogens with one attached hydrogen (secondary N) is 3. The fraction of sp³-hybridized carbons (Fsp3) is 0.250. The minimum atomic E-state index is -0.322. The fourth-order valence-electron chi connectivity index (χ4n) is 2.86. The minimum absolute atomic E-state index is 0.0157.